The molecule has 0 spiro atoms. The molecule has 11 heteroatoms. The van der Waals surface area contributed by atoms with Crippen molar-refractivity contribution < 1.29 is 48.8 Å². The molecule has 0 aliphatic rings. The van der Waals surface area contributed by atoms with Gasteiger partial charge < -0.3 is 29.5 Å². The van der Waals surface area contributed by atoms with Crippen molar-refractivity contribution in [1.82, 2.24) is 5.48 Å². The first-order valence-electron chi connectivity index (χ1n) is 9.64. The van der Waals surface area contributed by atoms with Crippen molar-refractivity contribution in [3.63, 3.8) is 0 Å². The highest BCUT2D eigenvalue weighted by Crippen LogP contribution is 2.11. The molecule has 0 bridgehead atoms. The van der Waals surface area contributed by atoms with Gasteiger partial charge in [-0.25, -0.2) is 0 Å². The van der Waals surface area contributed by atoms with Gasteiger partial charge in [0.25, 0.3) is 0 Å². The SMILES string of the molecule is O=C(O)CCOCC(COCCC(=O)O)(COCCC(=O)O)NOCc1ccccc1. The molecule has 0 unspecified atom stereocenters. The van der Waals surface area contributed by atoms with E-state index in [4.69, 9.17) is 34.4 Å². The van der Waals surface area contributed by atoms with Crippen LogP contribution in [0, 0.1) is 0 Å². The quantitative estimate of drug-likeness (QED) is 0.178. The number of hydrogen-bond acceptors (Lipinski definition) is 8. The summed E-state index contributed by atoms with van der Waals surface area (Å²) in [5, 5.41) is 26.3. The maximum atomic E-state index is 10.7. The summed E-state index contributed by atoms with van der Waals surface area (Å²) >= 11 is 0. The normalized spacial score (nSPS) is 11.4. The molecule has 0 aliphatic carbocycles. The summed E-state index contributed by atoms with van der Waals surface area (Å²) in [7, 11) is 0. The van der Waals surface area contributed by atoms with Crippen LogP contribution in [0.3, 0.4) is 0 Å². The fourth-order valence-electron chi connectivity index (χ4n) is 2.34. The van der Waals surface area contributed by atoms with E-state index in [-0.39, 0.29) is 65.5 Å². The largest absolute Gasteiger partial charge is 0.481 e. The Labute approximate surface area is 179 Å². The number of nitrogens with one attached hydrogen (secondary N) is 1. The van der Waals surface area contributed by atoms with E-state index in [1.807, 2.05) is 30.3 Å². The van der Waals surface area contributed by atoms with Crippen LogP contribution < -0.4 is 5.48 Å². The van der Waals surface area contributed by atoms with Gasteiger partial charge in [0.2, 0.25) is 0 Å². The zero-order valence-corrected chi connectivity index (χ0v) is 17.2. The van der Waals surface area contributed by atoms with E-state index in [2.05, 4.69) is 5.48 Å². The van der Waals surface area contributed by atoms with Crippen molar-refractivity contribution in [3.8, 4) is 0 Å². The number of rotatable bonds is 19. The molecular formula is C20H29NO10. The second kappa shape index (κ2) is 15.3. The van der Waals surface area contributed by atoms with Gasteiger partial charge in [-0.2, -0.15) is 5.48 Å². The van der Waals surface area contributed by atoms with Crippen LogP contribution in [0.1, 0.15) is 24.8 Å². The lowest BCUT2D eigenvalue weighted by Gasteiger charge is -2.33. The maximum absolute atomic E-state index is 10.7. The van der Waals surface area contributed by atoms with Gasteiger partial charge in [-0.1, -0.05) is 30.3 Å². The van der Waals surface area contributed by atoms with E-state index in [0.29, 0.717) is 0 Å². The summed E-state index contributed by atoms with van der Waals surface area (Å²) < 4.78 is 16.4. The van der Waals surface area contributed by atoms with Gasteiger partial charge in [-0.05, 0) is 5.56 Å². The predicted octanol–water partition coefficient (Wildman–Crippen LogP) is 0.921. The summed E-state index contributed by atoms with van der Waals surface area (Å²) in [6.07, 6.45) is -0.623. The number of benzene rings is 1. The highest BCUT2D eigenvalue weighted by atomic mass is 16.7. The Bertz CT molecular complexity index is 612. The number of hydrogen-bond donors (Lipinski definition) is 4. The summed E-state index contributed by atoms with van der Waals surface area (Å²) in [5.74, 6) is -3.06. The van der Waals surface area contributed by atoms with Gasteiger partial charge in [0.15, 0.2) is 0 Å². The molecule has 1 aromatic carbocycles. The van der Waals surface area contributed by atoms with Crippen molar-refractivity contribution in [1.29, 1.82) is 0 Å². The van der Waals surface area contributed by atoms with Crippen LogP contribution in [0.15, 0.2) is 30.3 Å². The first-order valence-corrected chi connectivity index (χ1v) is 9.64. The van der Waals surface area contributed by atoms with E-state index in [9.17, 15) is 14.4 Å². The lowest BCUT2D eigenvalue weighted by Crippen LogP contribution is -2.56. The van der Waals surface area contributed by atoms with Gasteiger partial charge >= 0.3 is 17.9 Å². The van der Waals surface area contributed by atoms with Crippen molar-refractivity contribution in [3.05, 3.63) is 35.9 Å². The summed E-state index contributed by atoms with van der Waals surface area (Å²) in [4.78, 5) is 37.7. The summed E-state index contributed by atoms with van der Waals surface area (Å²) in [5.41, 5.74) is 2.59. The minimum absolute atomic E-state index is 0.0678. The molecule has 11 nitrogen and oxygen atoms in total. The van der Waals surface area contributed by atoms with E-state index >= 15 is 0 Å². The Morgan fingerprint density at radius 1 is 0.742 bits per heavy atom. The molecule has 4 N–H and O–H groups in total. The molecule has 0 radical (unpaired) electrons. The highest BCUT2D eigenvalue weighted by molar-refractivity contribution is 5.67. The third-order valence-corrected chi connectivity index (χ3v) is 3.89. The topological polar surface area (TPSA) is 161 Å². The molecule has 0 fully saturated rings. The van der Waals surface area contributed by atoms with E-state index < -0.39 is 23.4 Å². The van der Waals surface area contributed by atoms with Gasteiger partial charge in [0.05, 0.1) is 65.5 Å². The molecule has 1 rings (SSSR count). The molecule has 0 saturated heterocycles. The number of carbonyl (C=O) groups is 3. The Kier molecular flexibility index (Phi) is 13.0. The second-order valence-corrected chi connectivity index (χ2v) is 6.75. The monoisotopic (exact) mass is 443 g/mol. The molecule has 0 aliphatic heterocycles. The first-order chi connectivity index (χ1) is 14.8. The molecule has 0 aromatic heterocycles. The zero-order chi connectivity index (χ0) is 23.0. The van der Waals surface area contributed by atoms with Gasteiger partial charge in [-0.3, -0.25) is 19.2 Å². The molecule has 1 aromatic rings. The van der Waals surface area contributed by atoms with Crippen LogP contribution in [0.2, 0.25) is 0 Å². The molecule has 31 heavy (non-hydrogen) atoms. The van der Waals surface area contributed by atoms with Crippen molar-refractivity contribution in [2.24, 2.45) is 0 Å². The number of hydroxylamine groups is 1. The van der Waals surface area contributed by atoms with Crippen LogP contribution in [0.5, 0.6) is 0 Å². The minimum Gasteiger partial charge on any atom is -0.481 e. The Balaban J connectivity index is 2.76. The lowest BCUT2D eigenvalue weighted by molar-refractivity contribution is -0.142. The van der Waals surface area contributed by atoms with Crippen LogP contribution in [0.4, 0.5) is 0 Å². The third kappa shape index (κ3) is 13.4. The number of carboxylic acids is 3. The zero-order valence-electron chi connectivity index (χ0n) is 17.2. The molecule has 0 heterocycles. The van der Waals surface area contributed by atoms with Crippen molar-refractivity contribution in [2.45, 2.75) is 31.4 Å². The summed E-state index contributed by atoms with van der Waals surface area (Å²) in [6, 6.07) is 9.29. The second-order valence-electron chi connectivity index (χ2n) is 6.75. The molecular weight excluding hydrogens is 414 g/mol. The van der Waals surface area contributed by atoms with Crippen LogP contribution in [-0.4, -0.2) is 78.4 Å². The smallest absolute Gasteiger partial charge is 0.305 e. The van der Waals surface area contributed by atoms with Gasteiger partial charge in [0.1, 0.15) is 5.54 Å². The molecule has 0 amide bonds. The van der Waals surface area contributed by atoms with Crippen molar-refractivity contribution in [2.75, 3.05) is 39.6 Å². The lowest BCUT2D eigenvalue weighted by atomic mass is 10.0. The predicted molar refractivity (Wildman–Crippen MR) is 106 cm³/mol. The molecule has 0 atom stereocenters. The van der Waals surface area contributed by atoms with Crippen LogP contribution >= 0.6 is 0 Å². The molecule has 174 valence electrons. The summed E-state index contributed by atoms with van der Waals surface area (Å²) in [6.45, 7) is -0.229. The highest BCUT2D eigenvalue weighted by Gasteiger charge is 2.32. The van der Waals surface area contributed by atoms with Crippen LogP contribution in [0.25, 0.3) is 0 Å². The fraction of sp³-hybridized carbons (Fsp3) is 0.550. The fourth-order valence-corrected chi connectivity index (χ4v) is 2.34. The standard InChI is InChI=1S/C20H29NO10/c22-17(23)6-9-28-13-20(14-29-10-7-18(24)25,15-30-11-8-19(26)27)21-31-12-16-4-2-1-3-5-16/h1-5,21H,6-15H2,(H,22,23)(H,24,25)(H,26,27). The first kappa shape index (κ1) is 26.5. The van der Waals surface area contributed by atoms with E-state index in [1.54, 1.807) is 0 Å². The minimum atomic E-state index is -1.12. The number of ether oxygens (including phenoxy) is 3. The van der Waals surface area contributed by atoms with Crippen molar-refractivity contribution >= 4 is 17.9 Å². The Hall–Kier alpha value is -2.57. The number of carboxylic acid groups (broad SMARTS) is 3. The van der Waals surface area contributed by atoms with Crippen LogP contribution in [-0.2, 0) is 40.0 Å². The Morgan fingerprint density at radius 3 is 1.55 bits per heavy atom. The Morgan fingerprint density at radius 2 is 1.16 bits per heavy atom. The average Bonchev–Trinajstić information content (AvgIpc) is 2.72. The van der Waals surface area contributed by atoms with Gasteiger partial charge in [-0.15, -0.1) is 0 Å². The van der Waals surface area contributed by atoms with E-state index in [0.717, 1.165) is 5.56 Å². The number of aliphatic carboxylic acids is 3. The maximum Gasteiger partial charge on any atom is 0.305 e. The van der Waals surface area contributed by atoms with E-state index in [1.165, 1.54) is 0 Å². The van der Waals surface area contributed by atoms with Gasteiger partial charge in [0, 0.05) is 0 Å². The third-order valence-electron chi connectivity index (χ3n) is 3.89. The average molecular weight is 443 g/mol. The molecule has 0 saturated carbocycles.